The Morgan fingerprint density at radius 3 is 1.85 bits per heavy atom. The van der Waals surface area contributed by atoms with Crippen LogP contribution in [0, 0.1) is 6.92 Å². The van der Waals surface area contributed by atoms with E-state index in [1.807, 2.05) is 19.1 Å². The molecule has 2 aromatic heterocycles. The fraction of sp³-hybridized carbons (Fsp3) is 0.460. The molecule has 0 radical (unpaired) electrons. The van der Waals surface area contributed by atoms with E-state index in [0.717, 1.165) is 51.3 Å². The van der Waals surface area contributed by atoms with E-state index >= 15 is 28.8 Å². The molecule has 4 aromatic carbocycles. The van der Waals surface area contributed by atoms with Crippen molar-refractivity contribution in [2.24, 2.45) is 28.7 Å². The maximum absolute atomic E-state index is 16.2. The Hall–Kier alpha value is -13.3. The van der Waals surface area contributed by atoms with Gasteiger partial charge in [0, 0.05) is 124 Å². The Morgan fingerprint density at radius 1 is 0.618 bits per heavy atom. The number of fused-ring (bicyclic) bond motifs is 2. The summed E-state index contributed by atoms with van der Waals surface area (Å²) in [6.45, 7) is 9.05. The molecule has 0 spiro atoms. The summed E-state index contributed by atoms with van der Waals surface area (Å²) < 4.78 is 8.15. The Labute approximate surface area is 761 Å². The normalized spacial score (nSPS) is 19.7. The van der Waals surface area contributed by atoms with Gasteiger partial charge in [-0.1, -0.05) is 100 Å². The number of rotatable bonds is 38. The van der Waals surface area contributed by atoms with E-state index in [1.165, 1.54) is 47.1 Å². The number of hydrogen-bond acceptors (Lipinski definition) is 25. The second kappa shape index (κ2) is 47.3. The number of pyridine rings is 1. The van der Waals surface area contributed by atoms with E-state index in [0.29, 0.717) is 44.3 Å². The number of carboxylic acids is 1. The first kappa shape index (κ1) is 103. The molecular formula is C87H114N20O22S2. The van der Waals surface area contributed by atoms with Gasteiger partial charge in [0.25, 0.3) is 0 Å². The molecule has 0 bridgehead atoms. The lowest BCUT2D eigenvalue weighted by Gasteiger charge is -2.39. The van der Waals surface area contributed by atoms with Crippen LogP contribution in [0.2, 0.25) is 0 Å². The number of ether oxygens (including phenoxy) is 2. The zero-order chi connectivity index (χ0) is 96.4. The second-order valence-corrected chi connectivity index (χ2v) is 36.6. The first-order valence-corrected chi connectivity index (χ1v) is 44.2. The second-order valence-electron chi connectivity index (χ2n) is 33.2. The first-order valence-electron chi connectivity index (χ1n) is 42.1. The SMILES string of the molecule is CC(=O)N[C@@H]1C(=O)N[C@@H](CC(N)=O)C(=O)N[C@@H]([C@@H](C)O)C(=O)N[C@@H](Cc2c[nH]c3c(C)cccc23)C(=O)N[C@@H](CCC(N)=O)C(=O)N[C@H](C(=O)N[C@@H](Cc2ccc(OCCN)cc2)C(=O)N[C@@H](Cc2ccc3ccccc3c2)C(=O)NC2(C(=O)N[C@@H](CCC(=O)O)C(=O)N[C@@H](CC(N)=O)C(=O)N[C@@H](Cc3cccnc3)C(=O)N(C)CC(N)=O)CCOCC2)C(C)(C)SSC1(C)C. The first-order chi connectivity index (χ1) is 61.9. The van der Waals surface area contributed by atoms with Crippen LogP contribution < -0.4 is 97.2 Å². The average molecular weight is 1860 g/mol. The maximum atomic E-state index is 16.2. The Bertz CT molecular complexity index is 5210. The standard InChI is InChI=1S/C87H114N20O22S2/c1-45-13-11-17-55-53(43-94-69(45)55)39-60-76(119)96-56(24-26-64(89)110)74(117)105-72(86(6,7)131-130-85(4,5)71(95-47(3)109)81(124)101-62(41-66(91)112)78(121)104-70(46(2)108)80(123)99-60)82(125)100-58(36-48-19-22-54(23-20-48)129-34-30-88)75(118)97-59(37-49-18-21-51-15-9-10-16-52(51)35-49)79(122)106-87(28-32-128-33-29-87)84(127)103-57(25-27-68(114)115)73(116)98-61(40-65(90)111)77(120)102-63(38-50-14-12-31-93-42-50)83(126)107(8)44-67(92)113/h9-23,31,35,42-43,46,56-63,70-72,94,108H,24-30,32-34,36-41,44,88H2,1-8H3,(H2,89,110)(H2,90,111)(H2,91,112)(H2,92,113)(H,95,109)(H,96,119)(H,97,118)(H,98,116)(H,99,123)(H,100,125)(H,101,124)(H,102,120)(H,103,127)(H,104,121)(H,105,117)(H,106,122)(H,114,115)/t46-,56+,57+,58+,59+,60+,61+,62+,63+,70+,71-,72-/m1/s1. The molecule has 8 rings (SSSR count). The Kier molecular flexibility index (Phi) is 37.2. The summed E-state index contributed by atoms with van der Waals surface area (Å²) in [5.41, 5.74) is 29.0. The van der Waals surface area contributed by atoms with Gasteiger partial charge in [0.1, 0.15) is 84.4 Å². The number of benzene rings is 4. The van der Waals surface area contributed by atoms with E-state index in [-0.39, 0.29) is 58.5 Å². The quantitative estimate of drug-likeness (QED) is 0.0170. The number of carboxylic acid groups (broad SMARTS) is 1. The van der Waals surface area contributed by atoms with Crippen molar-refractivity contribution >= 4 is 150 Å². The van der Waals surface area contributed by atoms with Gasteiger partial charge in [-0.15, -0.1) is 0 Å². The minimum atomic E-state index is -2.11. The number of nitrogens with zero attached hydrogens (tertiary/aromatic N) is 2. The van der Waals surface area contributed by atoms with E-state index < -0.39 is 245 Å². The molecule has 6 aromatic rings. The lowest BCUT2D eigenvalue weighted by Crippen LogP contribution is -2.67. The number of hydrogen-bond donors (Lipinski definition) is 20. The topological polar surface area (TPSA) is 673 Å². The van der Waals surface area contributed by atoms with Crippen LogP contribution in [0.4, 0.5) is 0 Å². The van der Waals surface area contributed by atoms with Crippen molar-refractivity contribution in [1.29, 1.82) is 0 Å². The van der Waals surface area contributed by atoms with Crippen LogP contribution in [-0.2, 0) is 117 Å². The van der Waals surface area contributed by atoms with E-state index in [1.54, 1.807) is 91.1 Å². The van der Waals surface area contributed by atoms with Crippen LogP contribution in [0.5, 0.6) is 5.75 Å². The van der Waals surface area contributed by atoms with Gasteiger partial charge in [0.2, 0.25) is 100 Å². The summed E-state index contributed by atoms with van der Waals surface area (Å²) in [6, 6.07) is 6.86. The summed E-state index contributed by atoms with van der Waals surface area (Å²) >= 11 is 0. The fourth-order valence-electron chi connectivity index (χ4n) is 14.7. The third-order valence-electron chi connectivity index (χ3n) is 21.8. The van der Waals surface area contributed by atoms with Gasteiger partial charge in [0.15, 0.2) is 0 Å². The molecule has 131 heavy (non-hydrogen) atoms. The largest absolute Gasteiger partial charge is 0.492 e. The van der Waals surface area contributed by atoms with Crippen LogP contribution in [-0.4, -0.2) is 259 Å². The molecule has 4 heterocycles. The number of primary amides is 4. The molecule has 0 aliphatic carbocycles. The van der Waals surface area contributed by atoms with Crippen molar-refractivity contribution in [3.8, 4) is 5.75 Å². The van der Waals surface area contributed by atoms with Crippen molar-refractivity contribution in [2.45, 2.75) is 213 Å². The number of aromatic amines is 1. The summed E-state index contributed by atoms with van der Waals surface area (Å²) in [6.07, 6.45) is -4.08. The molecule has 2 aliphatic heterocycles. The van der Waals surface area contributed by atoms with E-state index in [4.69, 9.17) is 38.1 Å². The van der Waals surface area contributed by atoms with Crippen LogP contribution >= 0.6 is 21.6 Å². The molecule has 2 aliphatic rings. The van der Waals surface area contributed by atoms with Crippen LogP contribution in [0.15, 0.2) is 116 Å². The van der Waals surface area contributed by atoms with Crippen molar-refractivity contribution in [1.82, 2.24) is 78.7 Å². The predicted octanol–water partition coefficient (Wildman–Crippen LogP) is -3.19. The molecule has 706 valence electrons. The van der Waals surface area contributed by atoms with Crippen LogP contribution in [0.1, 0.15) is 121 Å². The van der Waals surface area contributed by atoms with E-state index in [9.17, 15) is 67.7 Å². The predicted molar refractivity (Wildman–Crippen MR) is 480 cm³/mol. The highest BCUT2D eigenvalue weighted by Gasteiger charge is 2.49. The number of carbonyl (C=O) groups excluding carboxylic acids is 17. The number of aryl methyl sites for hydroxylation is 1. The third kappa shape index (κ3) is 30.1. The molecule has 0 saturated carbocycles. The zero-order valence-electron chi connectivity index (χ0n) is 73.6. The molecule has 2 saturated heterocycles. The molecule has 42 nitrogen and oxygen atoms in total. The Balaban J connectivity index is 1.21. The van der Waals surface area contributed by atoms with Crippen molar-refractivity contribution < 1.29 is 106 Å². The number of aliphatic hydroxyl groups excluding tert-OH is 1. The number of H-pyrrole nitrogens is 1. The number of amides is 17. The van der Waals surface area contributed by atoms with Gasteiger partial charge in [-0.25, -0.2) is 0 Å². The van der Waals surface area contributed by atoms with Gasteiger partial charge in [0.05, 0.1) is 25.5 Å². The third-order valence-corrected chi connectivity index (χ3v) is 26.0. The highest BCUT2D eigenvalue weighted by atomic mass is 33.1. The molecule has 0 unspecified atom stereocenters. The van der Waals surface area contributed by atoms with Crippen molar-refractivity contribution in [2.75, 3.05) is 40.0 Å². The summed E-state index contributed by atoms with van der Waals surface area (Å²) in [7, 11) is 2.93. The van der Waals surface area contributed by atoms with Gasteiger partial charge < -0.3 is 122 Å². The van der Waals surface area contributed by atoms with Crippen molar-refractivity contribution in [3.05, 3.63) is 143 Å². The molecule has 17 amide bonds. The number of aliphatic hydroxyl groups is 1. The van der Waals surface area contributed by atoms with E-state index in [2.05, 4.69) is 73.8 Å². The molecule has 25 N–H and O–H groups in total. The Morgan fingerprint density at radius 2 is 1.22 bits per heavy atom. The monoisotopic (exact) mass is 1850 g/mol. The summed E-state index contributed by atoms with van der Waals surface area (Å²) in [5.74, 6) is -19.6. The van der Waals surface area contributed by atoms with Crippen LogP contribution in [0.3, 0.4) is 0 Å². The molecule has 44 heteroatoms. The van der Waals surface area contributed by atoms with Gasteiger partial charge >= 0.3 is 5.97 Å². The number of nitrogens with one attached hydrogen (secondary N) is 13. The number of para-hydroxylation sites is 1. The number of aromatic nitrogens is 2. The summed E-state index contributed by atoms with van der Waals surface area (Å²) in [4.78, 5) is 265. The zero-order valence-corrected chi connectivity index (χ0v) is 75.2. The van der Waals surface area contributed by atoms with Gasteiger partial charge in [-0.3, -0.25) is 91.3 Å². The van der Waals surface area contributed by atoms with Crippen LogP contribution in [0.25, 0.3) is 21.7 Å². The molecule has 2 fully saturated rings. The minimum Gasteiger partial charge on any atom is -0.492 e. The number of nitrogens with two attached hydrogens (primary N) is 5. The highest BCUT2D eigenvalue weighted by Crippen LogP contribution is 2.47. The summed E-state index contributed by atoms with van der Waals surface area (Å²) in [5, 5.41) is 54.3. The lowest BCUT2D eigenvalue weighted by atomic mass is 9.87. The average Bonchev–Trinajstić information content (AvgIpc) is 1.76. The maximum Gasteiger partial charge on any atom is 0.303 e. The molecule has 12 atom stereocenters. The van der Waals surface area contributed by atoms with Gasteiger partial charge in [-0.2, -0.15) is 0 Å². The lowest BCUT2D eigenvalue weighted by molar-refractivity contribution is -0.142. The smallest absolute Gasteiger partial charge is 0.303 e. The fourth-order valence-corrected chi connectivity index (χ4v) is 17.5. The van der Waals surface area contributed by atoms with Crippen molar-refractivity contribution in [3.63, 3.8) is 0 Å². The number of aliphatic carboxylic acids is 1. The highest BCUT2D eigenvalue weighted by molar-refractivity contribution is 8.77. The number of likely N-dealkylation sites (N-methyl/N-ethyl adjacent to an activating group) is 1. The van der Waals surface area contributed by atoms with Gasteiger partial charge in [-0.05, 0) is 111 Å². The molecular weight excluding hydrogens is 1740 g/mol. The minimum absolute atomic E-state index is 0.0888. The number of carbonyl (C=O) groups is 18.